The number of carbonyl (C=O) groups is 1. The largest absolute Gasteiger partial charge is 0.481 e. The maximum Gasteiger partial charge on any atom is 0.305 e. The van der Waals surface area contributed by atoms with Crippen molar-refractivity contribution < 1.29 is 9.90 Å². The highest BCUT2D eigenvalue weighted by atomic mass is 16.4. The molecule has 1 heterocycles. The van der Waals surface area contributed by atoms with E-state index in [1.165, 1.54) is 12.3 Å². The zero-order valence-corrected chi connectivity index (χ0v) is 7.27. The van der Waals surface area contributed by atoms with Crippen LogP contribution >= 0.6 is 0 Å². The lowest BCUT2D eigenvalue weighted by Crippen LogP contribution is -2.09. The molecule has 14 heavy (non-hydrogen) atoms. The van der Waals surface area contributed by atoms with E-state index in [1.54, 1.807) is 0 Å². The van der Waals surface area contributed by atoms with Crippen molar-refractivity contribution in [1.29, 1.82) is 5.26 Å². The van der Waals surface area contributed by atoms with Crippen LogP contribution in [-0.4, -0.2) is 27.6 Å². The van der Waals surface area contributed by atoms with Gasteiger partial charge in [0.15, 0.2) is 0 Å². The van der Waals surface area contributed by atoms with Crippen LogP contribution in [0.25, 0.3) is 0 Å². The Labute approximate surface area is 80.2 Å². The Bertz CT molecular complexity index is 372. The van der Waals surface area contributed by atoms with E-state index in [2.05, 4.69) is 15.3 Å². The molecule has 0 atom stereocenters. The Balaban J connectivity index is 2.51. The predicted molar refractivity (Wildman–Crippen MR) is 47.5 cm³/mol. The molecular formula is C8H8N4O2. The van der Waals surface area contributed by atoms with Crippen LogP contribution < -0.4 is 5.32 Å². The Hall–Kier alpha value is -2.16. The van der Waals surface area contributed by atoms with E-state index >= 15 is 0 Å². The van der Waals surface area contributed by atoms with E-state index in [0.29, 0.717) is 0 Å². The monoisotopic (exact) mass is 192 g/mol. The van der Waals surface area contributed by atoms with E-state index < -0.39 is 5.97 Å². The highest BCUT2D eigenvalue weighted by Gasteiger charge is 1.99. The Morgan fingerprint density at radius 2 is 2.50 bits per heavy atom. The molecule has 2 N–H and O–H groups in total. The molecule has 0 aliphatic rings. The molecule has 0 saturated heterocycles. The molecule has 6 heteroatoms. The molecule has 0 bridgehead atoms. The summed E-state index contributed by atoms with van der Waals surface area (Å²) in [4.78, 5) is 17.8. The SMILES string of the molecule is N#Cc1ccnc(NCCC(=O)O)n1. The summed E-state index contributed by atoms with van der Waals surface area (Å²) in [5, 5.41) is 19.6. The summed E-state index contributed by atoms with van der Waals surface area (Å²) < 4.78 is 0. The Morgan fingerprint density at radius 3 is 3.14 bits per heavy atom. The lowest BCUT2D eigenvalue weighted by molar-refractivity contribution is -0.136. The van der Waals surface area contributed by atoms with Crippen molar-refractivity contribution in [2.75, 3.05) is 11.9 Å². The van der Waals surface area contributed by atoms with E-state index in [1.807, 2.05) is 6.07 Å². The van der Waals surface area contributed by atoms with Crippen LogP contribution in [0.4, 0.5) is 5.95 Å². The van der Waals surface area contributed by atoms with Crippen molar-refractivity contribution in [3.8, 4) is 6.07 Å². The van der Waals surface area contributed by atoms with Crippen LogP contribution in [0.15, 0.2) is 12.3 Å². The fourth-order valence-corrected chi connectivity index (χ4v) is 0.787. The third-order valence-electron chi connectivity index (χ3n) is 1.39. The standard InChI is InChI=1S/C8H8N4O2/c9-5-6-1-3-10-8(12-6)11-4-2-7(13)14/h1,3H,2,4H2,(H,13,14)(H,10,11,12). The molecule has 0 fully saturated rings. The average Bonchev–Trinajstić information content (AvgIpc) is 2.18. The third kappa shape index (κ3) is 3.06. The summed E-state index contributed by atoms with van der Waals surface area (Å²) in [7, 11) is 0. The quantitative estimate of drug-likeness (QED) is 0.708. The molecule has 1 rings (SSSR count). The number of anilines is 1. The zero-order valence-electron chi connectivity index (χ0n) is 7.27. The molecule has 0 spiro atoms. The number of hydrogen-bond acceptors (Lipinski definition) is 5. The van der Waals surface area contributed by atoms with Gasteiger partial charge in [0.2, 0.25) is 5.95 Å². The van der Waals surface area contributed by atoms with Gasteiger partial charge in [0.25, 0.3) is 0 Å². The highest BCUT2D eigenvalue weighted by molar-refractivity contribution is 5.67. The fourth-order valence-electron chi connectivity index (χ4n) is 0.787. The number of carboxylic acid groups (broad SMARTS) is 1. The molecule has 6 nitrogen and oxygen atoms in total. The number of aliphatic carboxylic acids is 1. The number of carboxylic acids is 1. The van der Waals surface area contributed by atoms with Crippen molar-refractivity contribution >= 4 is 11.9 Å². The van der Waals surface area contributed by atoms with Gasteiger partial charge in [-0.3, -0.25) is 4.79 Å². The van der Waals surface area contributed by atoms with E-state index in [0.717, 1.165) is 0 Å². The van der Waals surface area contributed by atoms with Gasteiger partial charge in [-0.1, -0.05) is 0 Å². The van der Waals surface area contributed by atoms with Gasteiger partial charge in [-0.2, -0.15) is 5.26 Å². The first-order chi connectivity index (χ1) is 6.72. The minimum Gasteiger partial charge on any atom is -0.481 e. The summed E-state index contributed by atoms with van der Waals surface area (Å²) in [6, 6.07) is 3.33. The second-order valence-corrected chi connectivity index (χ2v) is 2.45. The molecular weight excluding hydrogens is 184 g/mol. The van der Waals surface area contributed by atoms with E-state index in [9.17, 15) is 4.79 Å². The first-order valence-electron chi connectivity index (χ1n) is 3.91. The topological polar surface area (TPSA) is 98.9 Å². The number of nitrogens with one attached hydrogen (secondary N) is 1. The van der Waals surface area contributed by atoms with Gasteiger partial charge >= 0.3 is 5.97 Å². The number of nitrogens with zero attached hydrogens (tertiary/aromatic N) is 3. The van der Waals surface area contributed by atoms with Gasteiger partial charge in [-0.25, -0.2) is 9.97 Å². The average molecular weight is 192 g/mol. The first-order valence-corrected chi connectivity index (χ1v) is 3.91. The normalized spacial score (nSPS) is 9.07. The maximum atomic E-state index is 10.2. The minimum absolute atomic E-state index is 0.0137. The van der Waals surface area contributed by atoms with E-state index in [-0.39, 0.29) is 24.6 Å². The Kier molecular flexibility index (Phi) is 3.38. The van der Waals surface area contributed by atoms with Gasteiger partial charge in [-0.15, -0.1) is 0 Å². The number of nitriles is 1. The van der Waals surface area contributed by atoms with Crippen molar-refractivity contribution in [3.63, 3.8) is 0 Å². The molecule has 0 radical (unpaired) electrons. The van der Waals surface area contributed by atoms with Gasteiger partial charge in [-0.05, 0) is 6.07 Å². The predicted octanol–water partition coefficient (Wildman–Crippen LogP) is 0.235. The summed E-state index contributed by atoms with van der Waals surface area (Å²) >= 11 is 0. The minimum atomic E-state index is -0.895. The number of rotatable bonds is 4. The van der Waals surface area contributed by atoms with Gasteiger partial charge in [0.1, 0.15) is 11.8 Å². The van der Waals surface area contributed by atoms with Crippen LogP contribution in [0.1, 0.15) is 12.1 Å². The van der Waals surface area contributed by atoms with Gasteiger partial charge in [0, 0.05) is 12.7 Å². The molecule has 1 aromatic rings. The van der Waals surface area contributed by atoms with Crippen LogP contribution in [0.2, 0.25) is 0 Å². The number of aromatic nitrogens is 2. The summed E-state index contributed by atoms with van der Waals surface area (Å²) in [6.07, 6.45) is 1.43. The highest BCUT2D eigenvalue weighted by Crippen LogP contribution is 1.98. The third-order valence-corrected chi connectivity index (χ3v) is 1.39. The van der Waals surface area contributed by atoms with Crippen LogP contribution in [-0.2, 0) is 4.79 Å². The van der Waals surface area contributed by atoms with Gasteiger partial charge in [0.05, 0.1) is 6.42 Å². The summed E-state index contributed by atoms with van der Waals surface area (Å²) in [6.45, 7) is 0.240. The van der Waals surface area contributed by atoms with Crippen molar-refractivity contribution in [2.45, 2.75) is 6.42 Å². The fraction of sp³-hybridized carbons (Fsp3) is 0.250. The van der Waals surface area contributed by atoms with Crippen molar-refractivity contribution in [2.24, 2.45) is 0 Å². The molecule has 0 aliphatic carbocycles. The van der Waals surface area contributed by atoms with Gasteiger partial charge < -0.3 is 10.4 Å². The van der Waals surface area contributed by atoms with Crippen LogP contribution in [0, 0.1) is 11.3 Å². The van der Waals surface area contributed by atoms with Crippen LogP contribution in [0.5, 0.6) is 0 Å². The lowest BCUT2D eigenvalue weighted by atomic mass is 10.4. The van der Waals surface area contributed by atoms with Crippen molar-refractivity contribution in [1.82, 2.24) is 9.97 Å². The summed E-state index contributed by atoms with van der Waals surface area (Å²) in [5.74, 6) is -0.626. The lowest BCUT2D eigenvalue weighted by Gasteiger charge is -2.01. The molecule has 0 unspecified atom stereocenters. The van der Waals surface area contributed by atoms with Crippen molar-refractivity contribution in [3.05, 3.63) is 18.0 Å². The number of hydrogen-bond donors (Lipinski definition) is 2. The smallest absolute Gasteiger partial charge is 0.305 e. The van der Waals surface area contributed by atoms with E-state index in [4.69, 9.17) is 10.4 Å². The molecule has 0 amide bonds. The Morgan fingerprint density at radius 1 is 1.71 bits per heavy atom. The molecule has 0 saturated carbocycles. The second kappa shape index (κ2) is 4.77. The molecule has 72 valence electrons. The molecule has 0 aliphatic heterocycles. The van der Waals surface area contributed by atoms with Crippen LogP contribution in [0.3, 0.4) is 0 Å². The molecule has 0 aromatic carbocycles. The maximum absolute atomic E-state index is 10.2. The summed E-state index contributed by atoms with van der Waals surface area (Å²) in [5.41, 5.74) is 0.248. The second-order valence-electron chi connectivity index (χ2n) is 2.45. The zero-order chi connectivity index (χ0) is 10.4. The molecule has 1 aromatic heterocycles. The first kappa shape index (κ1) is 9.92.